The van der Waals surface area contributed by atoms with Crippen LogP contribution >= 0.6 is 0 Å². The first-order valence-electron chi connectivity index (χ1n) is 12.8. The van der Waals surface area contributed by atoms with Crippen molar-refractivity contribution in [1.82, 2.24) is 4.90 Å². The summed E-state index contributed by atoms with van der Waals surface area (Å²) >= 11 is 0. The third kappa shape index (κ3) is 4.08. The van der Waals surface area contributed by atoms with Gasteiger partial charge in [-0.2, -0.15) is 0 Å². The summed E-state index contributed by atoms with van der Waals surface area (Å²) in [6, 6.07) is 9.94. The summed E-state index contributed by atoms with van der Waals surface area (Å²) in [6.07, 6.45) is 13.1. The Balaban J connectivity index is 1.38. The number of esters is 1. The molecule has 32 heavy (non-hydrogen) atoms. The van der Waals surface area contributed by atoms with Crippen LogP contribution in [0.25, 0.3) is 0 Å². The molecule has 3 fully saturated rings. The quantitative estimate of drug-likeness (QED) is 0.696. The molecular weight excluding hydrogens is 402 g/mol. The first kappa shape index (κ1) is 21.9. The van der Waals surface area contributed by atoms with Gasteiger partial charge < -0.3 is 14.7 Å². The van der Waals surface area contributed by atoms with Crippen molar-refractivity contribution < 1.29 is 14.6 Å². The van der Waals surface area contributed by atoms with E-state index in [4.69, 9.17) is 4.74 Å². The number of carbonyl (C=O) groups excluding carboxylic acids is 1. The number of carbonyl (C=O) groups is 1. The number of nitrogens with zero attached hydrogens (tertiary/aromatic N) is 3. The molecule has 3 unspecified atom stereocenters. The first-order chi connectivity index (χ1) is 15.7. The maximum Gasteiger partial charge on any atom is 0.357 e. The van der Waals surface area contributed by atoms with Gasteiger partial charge in [0.2, 0.25) is 0 Å². The fraction of sp³-hybridized carbons (Fsp3) is 0.692. The number of para-hydroxylation sites is 2. The Morgan fingerprint density at radius 1 is 0.969 bits per heavy atom. The molecule has 1 aromatic rings. The number of rotatable bonds is 4. The highest BCUT2D eigenvalue weighted by molar-refractivity contribution is 6.39. The van der Waals surface area contributed by atoms with Crippen LogP contribution in [-0.4, -0.2) is 58.7 Å². The van der Waals surface area contributed by atoms with Gasteiger partial charge in [0.1, 0.15) is 0 Å². The lowest BCUT2D eigenvalue weighted by Gasteiger charge is -2.49. The Labute approximate surface area is 191 Å². The second kappa shape index (κ2) is 9.52. The van der Waals surface area contributed by atoms with Crippen molar-refractivity contribution in [2.24, 2.45) is 4.99 Å². The minimum absolute atomic E-state index is 0.111. The van der Waals surface area contributed by atoms with Crippen molar-refractivity contribution in [2.75, 3.05) is 11.5 Å². The van der Waals surface area contributed by atoms with Gasteiger partial charge in [0.05, 0.1) is 18.0 Å². The number of aliphatic hydroxyl groups is 1. The van der Waals surface area contributed by atoms with E-state index in [1.807, 2.05) is 24.3 Å². The van der Waals surface area contributed by atoms with Gasteiger partial charge in [0.25, 0.3) is 0 Å². The molecule has 0 spiro atoms. The second-order valence-corrected chi connectivity index (χ2v) is 9.94. The topological polar surface area (TPSA) is 65.4 Å². The second-order valence-electron chi connectivity index (χ2n) is 9.94. The number of ether oxygens (including phenoxy) is 1. The van der Waals surface area contributed by atoms with Crippen molar-refractivity contribution >= 4 is 23.1 Å². The molecule has 3 heterocycles. The largest absolute Gasteiger partial charge is 0.461 e. The van der Waals surface area contributed by atoms with E-state index in [2.05, 4.69) is 14.8 Å². The summed E-state index contributed by atoms with van der Waals surface area (Å²) in [6.45, 7) is 2.05. The van der Waals surface area contributed by atoms with E-state index in [9.17, 15) is 9.90 Å². The van der Waals surface area contributed by atoms with Gasteiger partial charge in [-0.3, -0.25) is 4.90 Å². The van der Waals surface area contributed by atoms with Gasteiger partial charge in [-0.25, -0.2) is 9.79 Å². The SMILES string of the molecule is CCOC(=O)C1=Nc2ccccc2N(C2CC3CC[C@@H](C2)N3C2CCCCCCC2)C1O. The fourth-order valence-corrected chi connectivity index (χ4v) is 6.72. The number of hydrogen-bond acceptors (Lipinski definition) is 6. The van der Waals surface area contributed by atoms with E-state index >= 15 is 0 Å². The monoisotopic (exact) mass is 439 g/mol. The van der Waals surface area contributed by atoms with Gasteiger partial charge >= 0.3 is 5.97 Å². The van der Waals surface area contributed by atoms with Gasteiger partial charge in [-0.15, -0.1) is 0 Å². The summed E-state index contributed by atoms with van der Waals surface area (Å²) < 4.78 is 5.21. The van der Waals surface area contributed by atoms with Crippen LogP contribution in [0.4, 0.5) is 11.4 Å². The lowest BCUT2D eigenvalue weighted by atomic mass is 9.88. The first-order valence-corrected chi connectivity index (χ1v) is 12.8. The minimum atomic E-state index is -1.05. The third-order valence-corrected chi connectivity index (χ3v) is 8.05. The molecule has 4 aliphatic rings. The molecule has 2 bridgehead atoms. The molecule has 6 nitrogen and oxygen atoms in total. The van der Waals surface area contributed by atoms with Crippen molar-refractivity contribution in [1.29, 1.82) is 0 Å². The molecule has 0 radical (unpaired) electrons. The zero-order valence-electron chi connectivity index (χ0n) is 19.3. The number of hydrogen-bond donors (Lipinski definition) is 1. The Bertz CT molecular complexity index is 834. The average molecular weight is 440 g/mol. The number of piperidine rings is 1. The maximum atomic E-state index is 12.6. The van der Waals surface area contributed by atoms with Crippen molar-refractivity contribution in [2.45, 2.75) is 108 Å². The zero-order valence-corrected chi connectivity index (χ0v) is 19.3. The number of benzene rings is 1. The van der Waals surface area contributed by atoms with Crippen molar-refractivity contribution in [3.8, 4) is 0 Å². The normalized spacial score (nSPS) is 31.4. The highest BCUT2D eigenvalue weighted by atomic mass is 16.5. The predicted molar refractivity (Wildman–Crippen MR) is 126 cm³/mol. The highest BCUT2D eigenvalue weighted by Gasteiger charge is 2.47. The standard InChI is InChI=1S/C26H37N3O3/c1-2-32-26(31)24-25(30)29(23-13-9-8-12-22(23)27-24)21-16-19-14-15-20(17-21)28(19)18-10-6-4-3-5-7-11-18/h8-9,12-13,18-21,25,30H,2-7,10-11,14-17H2,1H3/t19-,20?,21?,25?/m0/s1. The van der Waals surface area contributed by atoms with E-state index in [-0.39, 0.29) is 18.4 Å². The summed E-state index contributed by atoms with van der Waals surface area (Å²) in [4.78, 5) is 22.0. The molecule has 1 aliphatic carbocycles. The van der Waals surface area contributed by atoms with Crippen LogP contribution in [0.2, 0.25) is 0 Å². The highest BCUT2D eigenvalue weighted by Crippen LogP contribution is 2.45. The average Bonchev–Trinajstić information content (AvgIpc) is 3.02. The summed E-state index contributed by atoms with van der Waals surface area (Å²) in [7, 11) is 0. The van der Waals surface area contributed by atoms with Crippen LogP contribution in [0, 0.1) is 0 Å². The van der Waals surface area contributed by atoms with E-state index in [0.717, 1.165) is 30.3 Å². The fourth-order valence-electron chi connectivity index (χ4n) is 6.72. The van der Waals surface area contributed by atoms with Crippen molar-refractivity contribution in [3.05, 3.63) is 24.3 Å². The van der Waals surface area contributed by atoms with Gasteiger partial charge in [-0.1, -0.05) is 44.2 Å². The molecule has 174 valence electrons. The lowest BCUT2D eigenvalue weighted by molar-refractivity contribution is -0.135. The van der Waals surface area contributed by atoms with Crippen LogP contribution in [0.15, 0.2) is 29.3 Å². The van der Waals surface area contributed by atoms with Gasteiger partial charge in [-0.05, 0) is 57.6 Å². The molecule has 0 amide bonds. The van der Waals surface area contributed by atoms with E-state index < -0.39 is 12.2 Å². The molecule has 1 N–H and O–H groups in total. The summed E-state index contributed by atoms with van der Waals surface area (Å²) in [5.74, 6) is -0.519. The molecular formula is C26H37N3O3. The van der Waals surface area contributed by atoms with E-state index in [0.29, 0.717) is 12.1 Å². The summed E-state index contributed by atoms with van der Waals surface area (Å²) in [5.41, 5.74) is 1.79. The number of aliphatic hydroxyl groups excluding tert-OH is 1. The van der Waals surface area contributed by atoms with Crippen LogP contribution in [-0.2, 0) is 9.53 Å². The maximum absolute atomic E-state index is 12.6. The lowest BCUT2D eigenvalue weighted by Crippen LogP contribution is -2.58. The number of fused-ring (bicyclic) bond motifs is 3. The van der Waals surface area contributed by atoms with E-state index in [1.165, 1.54) is 57.8 Å². The molecule has 2 saturated heterocycles. The molecule has 6 heteroatoms. The van der Waals surface area contributed by atoms with Crippen LogP contribution in [0.1, 0.15) is 77.6 Å². The molecule has 1 aromatic carbocycles. The Morgan fingerprint density at radius 2 is 1.62 bits per heavy atom. The number of aliphatic imine (C=N–C) groups is 1. The summed E-state index contributed by atoms with van der Waals surface area (Å²) in [5, 5.41) is 11.3. The molecule has 4 atom stereocenters. The zero-order chi connectivity index (χ0) is 22.1. The Hall–Kier alpha value is -1.92. The molecule has 0 aromatic heterocycles. The minimum Gasteiger partial charge on any atom is -0.461 e. The molecule has 3 aliphatic heterocycles. The molecule has 5 rings (SSSR count). The molecule has 1 saturated carbocycles. The Morgan fingerprint density at radius 3 is 2.31 bits per heavy atom. The number of anilines is 1. The van der Waals surface area contributed by atoms with Crippen LogP contribution in [0.3, 0.4) is 0 Å². The van der Waals surface area contributed by atoms with Crippen LogP contribution < -0.4 is 4.90 Å². The smallest absolute Gasteiger partial charge is 0.357 e. The van der Waals surface area contributed by atoms with Gasteiger partial charge in [0.15, 0.2) is 11.9 Å². The predicted octanol–water partition coefficient (Wildman–Crippen LogP) is 4.57. The van der Waals surface area contributed by atoms with Crippen LogP contribution in [0.5, 0.6) is 0 Å². The van der Waals surface area contributed by atoms with E-state index in [1.54, 1.807) is 6.92 Å². The van der Waals surface area contributed by atoms with Gasteiger partial charge in [0, 0.05) is 24.2 Å². The third-order valence-electron chi connectivity index (χ3n) is 8.05. The Kier molecular flexibility index (Phi) is 6.51. The van der Waals surface area contributed by atoms with Crippen molar-refractivity contribution in [3.63, 3.8) is 0 Å².